The van der Waals surface area contributed by atoms with Crippen molar-refractivity contribution in [2.24, 2.45) is 29.6 Å². The van der Waals surface area contributed by atoms with Crippen LogP contribution in [0, 0.1) is 23.7 Å². The smallest absolute Gasteiger partial charge is 0.201 e. The summed E-state index contributed by atoms with van der Waals surface area (Å²) in [7, 11) is 0. The van der Waals surface area contributed by atoms with Crippen molar-refractivity contribution in [1.29, 1.82) is 0 Å². The summed E-state index contributed by atoms with van der Waals surface area (Å²) in [6.07, 6.45) is 3.17. The maximum absolute atomic E-state index is 6.15. The molecule has 2 bridgehead atoms. The van der Waals surface area contributed by atoms with E-state index >= 15 is 0 Å². The van der Waals surface area contributed by atoms with Crippen LogP contribution in [0.3, 0.4) is 0 Å². The highest BCUT2D eigenvalue weighted by molar-refractivity contribution is 5.08. The van der Waals surface area contributed by atoms with E-state index in [0.29, 0.717) is 11.8 Å². The van der Waals surface area contributed by atoms with Crippen LogP contribution in [0.5, 0.6) is 0 Å². The standard InChI is InChI=1S/C15H25NO5/c1-8-4-5-11-9(2)12(19-16)17-13-15(11)10(8)6-7-14(3,18-13)20-21-15/h8-13H,4-7,16H2,1-3H3/t8-,9-,10+,11+,12?,13-,14-,15-/m1/s1. The van der Waals surface area contributed by atoms with Gasteiger partial charge in [0.25, 0.3) is 0 Å². The maximum atomic E-state index is 6.15. The van der Waals surface area contributed by atoms with Crippen molar-refractivity contribution in [1.82, 2.24) is 0 Å². The first-order valence-corrected chi connectivity index (χ1v) is 8.06. The molecule has 5 rings (SSSR count). The number of nitrogens with two attached hydrogens (primary N) is 1. The Morgan fingerprint density at radius 3 is 2.67 bits per heavy atom. The average molecular weight is 299 g/mol. The van der Waals surface area contributed by atoms with Crippen molar-refractivity contribution >= 4 is 0 Å². The fraction of sp³-hybridized carbons (Fsp3) is 1.00. The lowest BCUT2D eigenvalue weighted by molar-refractivity contribution is -0.577. The molecule has 1 spiro atoms. The third-order valence-corrected chi connectivity index (χ3v) is 6.23. The van der Waals surface area contributed by atoms with Crippen LogP contribution in [0.15, 0.2) is 0 Å². The van der Waals surface area contributed by atoms with Crippen LogP contribution in [0.1, 0.15) is 46.5 Å². The molecule has 1 unspecified atom stereocenters. The molecule has 0 aromatic rings. The molecule has 2 N–H and O–H groups in total. The molecular formula is C15H25NO5. The highest BCUT2D eigenvalue weighted by Crippen LogP contribution is 2.60. The van der Waals surface area contributed by atoms with Crippen LogP contribution in [-0.2, 0) is 24.1 Å². The molecular weight excluding hydrogens is 274 g/mol. The number of hydrogen-bond donors (Lipinski definition) is 1. The molecule has 4 saturated heterocycles. The molecule has 21 heavy (non-hydrogen) atoms. The minimum Gasteiger partial charge on any atom is -0.318 e. The van der Waals surface area contributed by atoms with Gasteiger partial charge in [0.2, 0.25) is 5.79 Å². The molecule has 5 aliphatic rings. The maximum Gasteiger partial charge on any atom is 0.201 e. The molecule has 0 aromatic heterocycles. The zero-order chi connectivity index (χ0) is 14.8. The SMILES string of the molecule is C[C@@H]1CC[C@H]2[C@@H](C)C(ON)O[C@@H]3O[C@@]4(C)CC[C@@H]1[C@]32OO4. The first-order chi connectivity index (χ1) is 10.00. The molecule has 4 heterocycles. The van der Waals surface area contributed by atoms with Crippen molar-refractivity contribution < 1.29 is 24.1 Å². The molecule has 0 aromatic carbocycles. The van der Waals surface area contributed by atoms with E-state index in [1.807, 2.05) is 6.92 Å². The van der Waals surface area contributed by atoms with Gasteiger partial charge in [-0.05, 0) is 38.0 Å². The summed E-state index contributed by atoms with van der Waals surface area (Å²) in [5, 5.41) is 0. The molecule has 120 valence electrons. The lowest BCUT2D eigenvalue weighted by atomic mass is 9.58. The third-order valence-electron chi connectivity index (χ3n) is 6.23. The Hall–Kier alpha value is -0.240. The van der Waals surface area contributed by atoms with Gasteiger partial charge in [0.15, 0.2) is 18.2 Å². The van der Waals surface area contributed by atoms with Gasteiger partial charge in [-0.15, -0.1) is 0 Å². The quantitative estimate of drug-likeness (QED) is 0.590. The van der Waals surface area contributed by atoms with Gasteiger partial charge in [-0.1, -0.05) is 13.8 Å². The van der Waals surface area contributed by atoms with E-state index in [2.05, 4.69) is 13.8 Å². The van der Waals surface area contributed by atoms with E-state index < -0.39 is 24.0 Å². The fourth-order valence-corrected chi connectivity index (χ4v) is 5.03. The van der Waals surface area contributed by atoms with Crippen molar-refractivity contribution in [2.75, 3.05) is 0 Å². The predicted molar refractivity (Wildman–Crippen MR) is 72.1 cm³/mol. The molecule has 4 aliphatic heterocycles. The van der Waals surface area contributed by atoms with Crippen LogP contribution in [0.25, 0.3) is 0 Å². The molecule has 5 fully saturated rings. The van der Waals surface area contributed by atoms with Gasteiger partial charge in [0.05, 0.1) is 0 Å². The van der Waals surface area contributed by atoms with Crippen LogP contribution in [-0.4, -0.2) is 24.0 Å². The normalized spacial score (nSPS) is 59.4. The molecule has 1 saturated carbocycles. The van der Waals surface area contributed by atoms with Crippen LogP contribution in [0.4, 0.5) is 0 Å². The van der Waals surface area contributed by atoms with Gasteiger partial charge in [-0.2, -0.15) is 0 Å². The van der Waals surface area contributed by atoms with Gasteiger partial charge in [0, 0.05) is 18.3 Å². The Morgan fingerprint density at radius 2 is 1.90 bits per heavy atom. The second kappa shape index (κ2) is 4.63. The first-order valence-electron chi connectivity index (χ1n) is 8.06. The summed E-state index contributed by atoms with van der Waals surface area (Å²) in [4.78, 5) is 16.8. The summed E-state index contributed by atoms with van der Waals surface area (Å²) >= 11 is 0. The van der Waals surface area contributed by atoms with Crippen molar-refractivity contribution in [3.05, 3.63) is 0 Å². The minimum absolute atomic E-state index is 0.149. The van der Waals surface area contributed by atoms with Crippen molar-refractivity contribution in [2.45, 2.75) is 70.4 Å². The zero-order valence-electron chi connectivity index (χ0n) is 12.9. The second-order valence-corrected chi connectivity index (χ2v) is 7.41. The predicted octanol–water partition coefficient (Wildman–Crippen LogP) is 2.08. The number of hydrogen-bond acceptors (Lipinski definition) is 6. The lowest BCUT2D eigenvalue weighted by Gasteiger charge is -2.59. The van der Waals surface area contributed by atoms with E-state index in [0.717, 1.165) is 19.3 Å². The monoisotopic (exact) mass is 299 g/mol. The summed E-state index contributed by atoms with van der Waals surface area (Å²) in [5.74, 6) is 6.06. The van der Waals surface area contributed by atoms with E-state index in [1.54, 1.807) is 0 Å². The number of rotatable bonds is 1. The Labute approximate surface area is 125 Å². The van der Waals surface area contributed by atoms with Crippen LogP contribution >= 0.6 is 0 Å². The average Bonchev–Trinajstić information content (AvgIpc) is 2.69. The fourth-order valence-electron chi connectivity index (χ4n) is 5.03. The summed E-state index contributed by atoms with van der Waals surface area (Å²) in [5.41, 5.74) is -0.526. The molecule has 6 heteroatoms. The van der Waals surface area contributed by atoms with Gasteiger partial charge in [-0.3, -0.25) is 4.84 Å². The Bertz CT molecular complexity index is 434. The summed E-state index contributed by atoms with van der Waals surface area (Å²) in [6.45, 7) is 6.33. The molecule has 1 aliphatic carbocycles. The van der Waals surface area contributed by atoms with E-state index in [1.165, 1.54) is 6.42 Å². The molecule has 6 nitrogen and oxygen atoms in total. The van der Waals surface area contributed by atoms with Gasteiger partial charge in [0.1, 0.15) is 0 Å². The van der Waals surface area contributed by atoms with E-state index in [4.69, 9.17) is 30.0 Å². The Kier molecular flexibility index (Phi) is 3.17. The van der Waals surface area contributed by atoms with Gasteiger partial charge in [-0.25, -0.2) is 15.7 Å². The zero-order valence-corrected chi connectivity index (χ0v) is 12.9. The van der Waals surface area contributed by atoms with Crippen LogP contribution < -0.4 is 5.90 Å². The van der Waals surface area contributed by atoms with E-state index in [9.17, 15) is 0 Å². The Morgan fingerprint density at radius 1 is 1.10 bits per heavy atom. The highest BCUT2D eigenvalue weighted by Gasteiger charge is 2.69. The Balaban J connectivity index is 1.79. The molecule has 0 radical (unpaired) electrons. The molecule has 0 amide bonds. The third kappa shape index (κ3) is 1.81. The van der Waals surface area contributed by atoms with E-state index in [-0.39, 0.29) is 11.8 Å². The molecule has 8 atom stereocenters. The first kappa shape index (κ1) is 14.4. The van der Waals surface area contributed by atoms with Gasteiger partial charge < -0.3 is 9.47 Å². The largest absolute Gasteiger partial charge is 0.318 e. The summed E-state index contributed by atoms with van der Waals surface area (Å²) in [6, 6.07) is 0. The minimum atomic E-state index is -0.739. The second-order valence-electron chi connectivity index (χ2n) is 7.41. The topological polar surface area (TPSA) is 72.2 Å². The van der Waals surface area contributed by atoms with Gasteiger partial charge >= 0.3 is 0 Å². The number of fused-ring (bicyclic) bond motifs is 2. The summed E-state index contributed by atoms with van der Waals surface area (Å²) < 4.78 is 12.2. The lowest BCUT2D eigenvalue weighted by Crippen LogP contribution is -2.70. The number of ether oxygens (including phenoxy) is 2. The van der Waals surface area contributed by atoms with Crippen molar-refractivity contribution in [3.8, 4) is 0 Å². The van der Waals surface area contributed by atoms with Crippen LogP contribution in [0.2, 0.25) is 0 Å². The highest BCUT2D eigenvalue weighted by atomic mass is 17.3. The van der Waals surface area contributed by atoms with Crippen molar-refractivity contribution in [3.63, 3.8) is 0 Å².